The van der Waals surface area contributed by atoms with E-state index in [2.05, 4.69) is 17.1 Å². The van der Waals surface area contributed by atoms with Crippen LogP contribution in [0.3, 0.4) is 0 Å². The van der Waals surface area contributed by atoms with Crippen LogP contribution in [0.1, 0.15) is 34.9 Å². The second-order valence-corrected chi connectivity index (χ2v) is 7.85. The lowest BCUT2D eigenvalue weighted by molar-refractivity contribution is 0.305. The Morgan fingerprint density at radius 1 is 1.19 bits per heavy atom. The first-order chi connectivity index (χ1) is 15.0. The Balaban J connectivity index is 1.61. The van der Waals surface area contributed by atoms with E-state index in [1.165, 1.54) is 12.1 Å². The van der Waals surface area contributed by atoms with Gasteiger partial charge in [0.15, 0.2) is 5.15 Å². The van der Waals surface area contributed by atoms with Gasteiger partial charge < -0.3 is 9.14 Å². The number of aromatic nitrogens is 2. The molecule has 0 spiro atoms. The summed E-state index contributed by atoms with van der Waals surface area (Å²) in [7, 11) is 0. The van der Waals surface area contributed by atoms with Gasteiger partial charge in [-0.05, 0) is 47.9 Å². The van der Waals surface area contributed by atoms with Crippen molar-refractivity contribution in [2.75, 3.05) is 0 Å². The van der Waals surface area contributed by atoms with E-state index < -0.39 is 0 Å². The molecule has 0 atom stereocenters. The summed E-state index contributed by atoms with van der Waals surface area (Å²) in [5.74, 6) is 0.0637. The van der Waals surface area contributed by atoms with Crippen molar-refractivity contribution in [1.82, 2.24) is 9.38 Å². The molecule has 2 aromatic carbocycles. The van der Waals surface area contributed by atoms with Crippen LogP contribution in [0.2, 0.25) is 5.15 Å². The highest BCUT2D eigenvalue weighted by Crippen LogP contribution is 2.39. The fourth-order valence-corrected chi connectivity index (χ4v) is 4.32. The molecule has 0 bridgehead atoms. The van der Waals surface area contributed by atoms with Gasteiger partial charge in [0.2, 0.25) is 0 Å². The number of allylic oxidation sites excluding steroid dienone is 1. The number of imidazole rings is 1. The third kappa shape index (κ3) is 3.35. The van der Waals surface area contributed by atoms with Gasteiger partial charge in [0, 0.05) is 35.4 Å². The maximum atomic E-state index is 13.8. The number of halogens is 2. The van der Waals surface area contributed by atoms with Gasteiger partial charge in [-0.25, -0.2) is 9.37 Å². The van der Waals surface area contributed by atoms with Crippen molar-refractivity contribution in [3.05, 3.63) is 105 Å². The second kappa shape index (κ2) is 7.57. The third-order valence-corrected chi connectivity index (χ3v) is 5.83. The Hall–Kier alpha value is -3.62. The van der Waals surface area contributed by atoms with Crippen LogP contribution in [0.5, 0.6) is 5.75 Å². The molecule has 3 heterocycles. The van der Waals surface area contributed by atoms with Gasteiger partial charge in [-0.3, -0.25) is 0 Å². The number of nitriles is 1. The molecular weight excluding hydrogens is 413 g/mol. The first-order valence-corrected chi connectivity index (χ1v) is 10.2. The summed E-state index contributed by atoms with van der Waals surface area (Å²) in [6.07, 6.45) is 2.54. The van der Waals surface area contributed by atoms with E-state index >= 15 is 0 Å². The molecule has 152 valence electrons. The monoisotopic (exact) mass is 429 g/mol. The van der Waals surface area contributed by atoms with Gasteiger partial charge in [-0.1, -0.05) is 35.9 Å². The zero-order valence-electron chi connectivity index (χ0n) is 16.7. The number of hydrogen-bond donors (Lipinski definition) is 0. The normalized spacial score (nSPS) is 14.3. The molecule has 0 N–H and O–H groups in total. The molecule has 4 nitrogen and oxygen atoms in total. The van der Waals surface area contributed by atoms with Crippen LogP contribution in [0, 0.1) is 17.1 Å². The molecule has 0 aliphatic carbocycles. The molecular formula is C25H17ClFN3O. The van der Waals surface area contributed by atoms with Crippen molar-refractivity contribution in [1.29, 1.82) is 5.26 Å². The highest BCUT2D eigenvalue weighted by molar-refractivity contribution is 6.30. The molecule has 5 rings (SSSR count). The lowest BCUT2D eigenvalue weighted by atomic mass is 9.89. The van der Waals surface area contributed by atoms with E-state index in [-0.39, 0.29) is 12.4 Å². The Kier molecular flexibility index (Phi) is 4.72. The Morgan fingerprint density at radius 3 is 2.87 bits per heavy atom. The van der Waals surface area contributed by atoms with Crippen LogP contribution in [0.15, 0.2) is 66.4 Å². The van der Waals surface area contributed by atoms with E-state index in [0.717, 1.165) is 39.2 Å². The zero-order valence-corrected chi connectivity index (χ0v) is 17.4. The molecule has 31 heavy (non-hydrogen) atoms. The Bertz CT molecular complexity index is 1410. The summed E-state index contributed by atoms with van der Waals surface area (Å²) in [6, 6.07) is 18.5. The van der Waals surface area contributed by atoms with E-state index in [9.17, 15) is 9.65 Å². The molecule has 0 amide bonds. The Morgan fingerprint density at radius 2 is 2.03 bits per heavy atom. The first-order valence-electron chi connectivity index (χ1n) is 9.82. The van der Waals surface area contributed by atoms with Gasteiger partial charge in [0.05, 0.1) is 11.8 Å². The summed E-state index contributed by atoms with van der Waals surface area (Å²) in [5.41, 5.74) is 6.63. The lowest BCUT2D eigenvalue weighted by Crippen LogP contribution is -2.00. The quantitative estimate of drug-likeness (QED) is 0.370. The fraction of sp³-hybridized carbons (Fsp3) is 0.120. The van der Waals surface area contributed by atoms with Gasteiger partial charge in [0.25, 0.3) is 0 Å². The minimum atomic E-state index is -0.374. The van der Waals surface area contributed by atoms with Gasteiger partial charge in [-0.2, -0.15) is 5.26 Å². The summed E-state index contributed by atoms with van der Waals surface area (Å²) >= 11 is 6.41. The molecule has 1 aliphatic rings. The summed E-state index contributed by atoms with van der Waals surface area (Å²) in [6.45, 7) is 2.05. The number of hydrogen-bond acceptors (Lipinski definition) is 3. The van der Waals surface area contributed by atoms with Crippen LogP contribution in [0.4, 0.5) is 4.39 Å². The number of fused-ring (bicyclic) bond motifs is 3. The number of pyridine rings is 1. The smallest absolute Gasteiger partial charge is 0.151 e. The molecule has 4 aromatic rings. The van der Waals surface area contributed by atoms with E-state index in [0.29, 0.717) is 22.9 Å². The number of ether oxygens (including phenoxy) is 1. The van der Waals surface area contributed by atoms with Crippen LogP contribution in [-0.2, 0) is 13.0 Å². The molecule has 6 heteroatoms. The van der Waals surface area contributed by atoms with Gasteiger partial charge in [0.1, 0.15) is 23.8 Å². The molecule has 0 saturated carbocycles. The number of benzene rings is 2. The molecule has 0 unspecified atom stereocenters. The Labute approximate surface area is 183 Å². The van der Waals surface area contributed by atoms with E-state index in [1.54, 1.807) is 13.0 Å². The summed E-state index contributed by atoms with van der Waals surface area (Å²) < 4.78 is 21.7. The average Bonchev–Trinajstić information content (AvgIpc) is 2.99. The molecule has 0 fully saturated rings. The highest BCUT2D eigenvalue weighted by atomic mass is 35.5. The largest absolute Gasteiger partial charge is 0.488 e. The molecule has 0 saturated heterocycles. The van der Waals surface area contributed by atoms with Gasteiger partial charge >= 0.3 is 0 Å². The van der Waals surface area contributed by atoms with Crippen LogP contribution < -0.4 is 4.74 Å². The van der Waals surface area contributed by atoms with Crippen molar-refractivity contribution in [2.45, 2.75) is 20.0 Å². The topological polar surface area (TPSA) is 50.3 Å². The van der Waals surface area contributed by atoms with Gasteiger partial charge in [-0.15, -0.1) is 0 Å². The van der Waals surface area contributed by atoms with E-state index in [4.69, 9.17) is 16.3 Å². The van der Waals surface area contributed by atoms with Crippen molar-refractivity contribution in [3.63, 3.8) is 0 Å². The number of nitrogens with zero attached hydrogens (tertiary/aromatic N) is 3. The van der Waals surface area contributed by atoms with E-state index in [1.807, 2.05) is 40.9 Å². The van der Waals surface area contributed by atoms with Crippen LogP contribution >= 0.6 is 11.6 Å². The third-order valence-electron chi connectivity index (χ3n) is 5.53. The zero-order chi connectivity index (χ0) is 21.5. The standard InChI is InChI=1S/C25H17ClFN3O/c1-15(13-28)24-19-7-5-16(11-21-25(26)29-23-4-2-3-9-30(21)23)10-17(19)14-31-22-12-18(27)6-8-20(22)24/h2-10,12H,11,14H2,1H3/b24-15+. The summed E-state index contributed by atoms with van der Waals surface area (Å²) in [5, 5.41) is 10.1. The molecule has 1 aliphatic heterocycles. The minimum Gasteiger partial charge on any atom is -0.488 e. The maximum absolute atomic E-state index is 13.8. The predicted molar refractivity (Wildman–Crippen MR) is 117 cm³/mol. The SMILES string of the molecule is C/C(C#N)=C1/c2ccc(Cc3c(Cl)nc4ccccn34)cc2COc2cc(F)ccc21. The predicted octanol–water partition coefficient (Wildman–Crippen LogP) is 5.96. The van der Waals surface area contributed by atoms with Crippen molar-refractivity contribution in [3.8, 4) is 11.8 Å². The van der Waals surface area contributed by atoms with Crippen molar-refractivity contribution in [2.24, 2.45) is 0 Å². The van der Waals surface area contributed by atoms with Crippen molar-refractivity contribution >= 4 is 22.8 Å². The second-order valence-electron chi connectivity index (χ2n) is 7.49. The van der Waals surface area contributed by atoms with Crippen molar-refractivity contribution < 1.29 is 9.13 Å². The first kappa shape index (κ1) is 19.3. The fourth-order valence-electron chi connectivity index (χ4n) is 4.07. The summed E-state index contributed by atoms with van der Waals surface area (Å²) in [4.78, 5) is 4.42. The average molecular weight is 430 g/mol. The maximum Gasteiger partial charge on any atom is 0.151 e. The minimum absolute atomic E-state index is 0.280. The van der Waals surface area contributed by atoms with Crippen LogP contribution in [-0.4, -0.2) is 9.38 Å². The lowest BCUT2D eigenvalue weighted by Gasteiger charge is -2.13. The molecule has 2 aromatic heterocycles. The molecule has 0 radical (unpaired) electrons. The number of rotatable bonds is 2. The highest BCUT2D eigenvalue weighted by Gasteiger charge is 2.22. The van der Waals surface area contributed by atoms with Crippen LogP contribution in [0.25, 0.3) is 11.2 Å².